The second-order valence-electron chi connectivity index (χ2n) is 12.3. The molecule has 43 heavy (non-hydrogen) atoms. The minimum atomic E-state index is -1.39. The van der Waals surface area contributed by atoms with Gasteiger partial charge in [0.25, 0.3) is 5.91 Å². The summed E-state index contributed by atoms with van der Waals surface area (Å²) in [6.07, 6.45) is 10.2. The average Bonchev–Trinajstić information content (AvgIpc) is 3.40. The van der Waals surface area contributed by atoms with Crippen LogP contribution in [0, 0.1) is 17.8 Å². The lowest BCUT2D eigenvalue weighted by atomic mass is 9.73. The van der Waals surface area contributed by atoms with E-state index >= 15 is 0 Å². The van der Waals surface area contributed by atoms with E-state index in [1.165, 1.54) is 0 Å². The molecule has 2 fully saturated rings. The highest BCUT2D eigenvalue weighted by Crippen LogP contribution is 2.59. The maximum Gasteiger partial charge on any atom is 0.313 e. The number of rotatable bonds is 9. The molecule has 9 nitrogen and oxygen atoms in total. The topological polar surface area (TPSA) is 99.6 Å². The summed E-state index contributed by atoms with van der Waals surface area (Å²) in [6, 6.07) is 6.23. The smallest absolute Gasteiger partial charge is 0.313 e. The summed E-state index contributed by atoms with van der Waals surface area (Å²) in [7, 11) is 0. The lowest BCUT2D eigenvalue weighted by molar-refractivity contribution is -0.161. The Kier molecular flexibility index (Phi) is 9.05. The molecule has 4 aliphatic rings. The molecule has 1 aromatic carbocycles. The fraction of sp³-hybridized carbons (Fsp3) is 0.618. The summed E-state index contributed by atoms with van der Waals surface area (Å²) >= 11 is 0. The predicted octanol–water partition coefficient (Wildman–Crippen LogP) is 4.10. The molecule has 0 bridgehead atoms. The number of aliphatic hydroxyl groups is 1. The quantitative estimate of drug-likeness (QED) is 0.340. The van der Waals surface area contributed by atoms with Crippen LogP contribution < -0.4 is 9.80 Å². The van der Waals surface area contributed by atoms with Crippen molar-refractivity contribution in [1.29, 1.82) is 0 Å². The van der Waals surface area contributed by atoms with Crippen molar-refractivity contribution >= 4 is 29.2 Å². The van der Waals surface area contributed by atoms with Gasteiger partial charge in [-0.05, 0) is 63.3 Å². The Morgan fingerprint density at radius 3 is 2.35 bits per heavy atom. The molecule has 5 rings (SSSR count). The van der Waals surface area contributed by atoms with Gasteiger partial charge >= 0.3 is 5.97 Å². The Morgan fingerprint density at radius 1 is 1.00 bits per heavy atom. The first-order chi connectivity index (χ1) is 20.7. The van der Waals surface area contributed by atoms with E-state index in [-0.39, 0.29) is 37.5 Å². The minimum absolute atomic E-state index is 0.0880. The highest BCUT2D eigenvalue weighted by atomic mass is 16.6. The number of ether oxygens (including phenoxy) is 2. The summed E-state index contributed by atoms with van der Waals surface area (Å²) in [5.74, 6) is -3.06. The molecule has 0 aliphatic carbocycles. The third-order valence-corrected chi connectivity index (χ3v) is 10.2. The van der Waals surface area contributed by atoms with E-state index in [4.69, 9.17) is 9.47 Å². The summed E-state index contributed by atoms with van der Waals surface area (Å²) in [5, 5.41) is 10.6. The fourth-order valence-electron chi connectivity index (χ4n) is 7.65. The highest BCUT2D eigenvalue weighted by molar-refractivity contribution is 6.06. The number of nitrogens with zero attached hydrogens (tertiary/aromatic N) is 3. The molecule has 1 unspecified atom stereocenters. The number of esters is 1. The van der Waals surface area contributed by atoms with Crippen LogP contribution in [0.15, 0.2) is 48.6 Å². The van der Waals surface area contributed by atoms with E-state index in [0.29, 0.717) is 24.9 Å². The van der Waals surface area contributed by atoms with Crippen LogP contribution in [-0.4, -0.2) is 83.9 Å². The largest absolute Gasteiger partial charge is 0.465 e. The molecule has 9 heteroatoms. The van der Waals surface area contributed by atoms with Crippen LogP contribution in [0.4, 0.5) is 11.4 Å². The third kappa shape index (κ3) is 4.98. The van der Waals surface area contributed by atoms with Crippen LogP contribution in [0.2, 0.25) is 0 Å². The van der Waals surface area contributed by atoms with Gasteiger partial charge in [0.1, 0.15) is 23.2 Å². The Balaban J connectivity index is 1.65. The van der Waals surface area contributed by atoms with Crippen molar-refractivity contribution in [3.05, 3.63) is 48.6 Å². The summed E-state index contributed by atoms with van der Waals surface area (Å²) in [5.41, 5.74) is -0.705. The van der Waals surface area contributed by atoms with Crippen molar-refractivity contribution in [3.63, 3.8) is 0 Å². The Bertz CT molecular complexity index is 1260. The van der Waals surface area contributed by atoms with E-state index in [1.807, 2.05) is 69.3 Å². The Hall–Kier alpha value is -3.17. The minimum Gasteiger partial charge on any atom is -0.465 e. The summed E-state index contributed by atoms with van der Waals surface area (Å²) < 4.78 is 12.8. The molecule has 0 aromatic heterocycles. The van der Waals surface area contributed by atoms with E-state index in [1.54, 1.807) is 9.80 Å². The van der Waals surface area contributed by atoms with Crippen molar-refractivity contribution < 1.29 is 29.0 Å². The van der Waals surface area contributed by atoms with Crippen molar-refractivity contribution in [3.8, 4) is 0 Å². The Labute approximate surface area is 255 Å². The predicted molar refractivity (Wildman–Crippen MR) is 166 cm³/mol. The monoisotopic (exact) mass is 593 g/mol. The van der Waals surface area contributed by atoms with Crippen molar-refractivity contribution in [2.75, 3.05) is 42.6 Å². The number of cyclic esters (lactones) is 1. The second-order valence-corrected chi connectivity index (χ2v) is 12.3. The molecule has 7 atom stereocenters. The van der Waals surface area contributed by atoms with Gasteiger partial charge in [-0.3, -0.25) is 14.4 Å². The molecule has 1 spiro atoms. The van der Waals surface area contributed by atoms with Gasteiger partial charge in [0.15, 0.2) is 0 Å². The zero-order valence-corrected chi connectivity index (χ0v) is 26.2. The number of fused-ring (bicyclic) bond motifs is 2. The SMILES string of the molecule is CC[C@H](C)[C@H](CO)N1C(=O)[C@@H]2[C@@H]3C(=O)OCCC/C=C\[C@]3(CC)O[C@@]23C=CCN(c2ccc(N(CC)CC)cc2)C(=O)C13. The first kappa shape index (κ1) is 31.3. The molecular formula is C34H47N3O6. The van der Waals surface area contributed by atoms with Gasteiger partial charge in [0, 0.05) is 31.0 Å². The van der Waals surface area contributed by atoms with Crippen LogP contribution in [-0.2, 0) is 23.9 Å². The number of likely N-dealkylation sites (tertiary alicyclic amines) is 1. The number of carbonyl (C=O) groups is 3. The van der Waals surface area contributed by atoms with Gasteiger partial charge in [-0.1, -0.05) is 51.5 Å². The molecular weight excluding hydrogens is 546 g/mol. The second kappa shape index (κ2) is 12.4. The maximum absolute atomic E-state index is 14.8. The zero-order valence-electron chi connectivity index (χ0n) is 26.2. The van der Waals surface area contributed by atoms with Gasteiger partial charge in [-0.2, -0.15) is 0 Å². The van der Waals surface area contributed by atoms with Crippen molar-refractivity contribution in [2.24, 2.45) is 17.8 Å². The number of hydrogen-bond acceptors (Lipinski definition) is 7. The molecule has 1 N–H and O–H groups in total. The van der Waals surface area contributed by atoms with Gasteiger partial charge in [-0.25, -0.2) is 0 Å². The summed E-state index contributed by atoms with van der Waals surface area (Å²) in [4.78, 5) is 48.8. The normalized spacial score (nSPS) is 32.5. The molecule has 2 saturated heterocycles. The summed E-state index contributed by atoms with van der Waals surface area (Å²) in [6.45, 7) is 12.1. The highest BCUT2D eigenvalue weighted by Gasteiger charge is 2.76. The van der Waals surface area contributed by atoms with E-state index < -0.39 is 41.1 Å². The van der Waals surface area contributed by atoms with Crippen LogP contribution >= 0.6 is 0 Å². The molecule has 4 heterocycles. The molecule has 0 radical (unpaired) electrons. The Morgan fingerprint density at radius 2 is 1.72 bits per heavy atom. The first-order valence-corrected chi connectivity index (χ1v) is 16.0. The van der Waals surface area contributed by atoms with Crippen LogP contribution in [0.3, 0.4) is 0 Å². The van der Waals surface area contributed by atoms with Crippen LogP contribution in [0.5, 0.6) is 0 Å². The van der Waals surface area contributed by atoms with Gasteiger partial charge < -0.3 is 29.3 Å². The lowest BCUT2D eigenvalue weighted by Gasteiger charge is -2.42. The number of allylic oxidation sites excluding steroid dienone is 1. The van der Waals surface area contributed by atoms with Crippen LogP contribution in [0.25, 0.3) is 0 Å². The molecule has 234 valence electrons. The van der Waals surface area contributed by atoms with E-state index in [9.17, 15) is 19.5 Å². The van der Waals surface area contributed by atoms with Gasteiger partial charge in [0.2, 0.25) is 5.91 Å². The number of benzene rings is 1. The maximum atomic E-state index is 14.8. The lowest BCUT2D eigenvalue weighted by Crippen LogP contribution is -2.60. The van der Waals surface area contributed by atoms with Gasteiger partial charge in [-0.15, -0.1) is 0 Å². The molecule has 0 saturated carbocycles. The number of carbonyl (C=O) groups excluding carboxylic acids is 3. The van der Waals surface area contributed by atoms with Crippen LogP contribution in [0.1, 0.15) is 60.3 Å². The molecule has 2 amide bonds. The zero-order chi connectivity index (χ0) is 30.9. The van der Waals surface area contributed by atoms with Crippen molar-refractivity contribution in [1.82, 2.24) is 4.90 Å². The van der Waals surface area contributed by atoms with E-state index in [2.05, 4.69) is 18.7 Å². The van der Waals surface area contributed by atoms with Gasteiger partial charge in [0.05, 0.1) is 25.2 Å². The van der Waals surface area contributed by atoms with Crippen molar-refractivity contribution in [2.45, 2.75) is 83.6 Å². The van der Waals surface area contributed by atoms with E-state index in [0.717, 1.165) is 25.2 Å². The average molecular weight is 594 g/mol. The standard InChI is InChI=1S/C34H47N3O6/c1-6-23(5)26(22-38)37-29-31(40)36(25-16-14-24(15-17-25)35(8-3)9-4)20-13-19-34(29)27(30(37)39)28-32(41)42-21-12-10-11-18-33(28,7-2)43-34/h11,13-19,23,26-29,38H,6-10,12,20-22H2,1-5H3/b18-11-/t23-,26-,27-,28+,29?,33-,34-/m0/s1. The number of aliphatic hydroxyl groups excluding tert-OH is 1. The third-order valence-electron chi connectivity index (χ3n) is 10.2. The fourth-order valence-corrected chi connectivity index (χ4v) is 7.65. The number of amides is 2. The molecule has 4 aliphatic heterocycles. The molecule has 1 aromatic rings. The number of anilines is 2. The number of hydrogen-bond donors (Lipinski definition) is 1. The first-order valence-electron chi connectivity index (χ1n) is 16.0.